The molecule has 22 heavy (non-hydrogen) atoms. The summed E-state index contributed by atoms with van der Waals surface area (Å²) in [7, 11) is -3.36. The first-order valence-corrected chi connectivity index (χ1v) is 10.7. The van der Waals surface area contributed by atoms with Crippen LogP contribution in [0.2, 0.25) is 0 Å². The lowest BCUT2D eigenvalue weighted by Crippen LogP contribution is -2.04. The van der Waals surface area contributed by atoms with Crippen LogP contribution < -0.4 is 0 Å². The molecule has 0 bridgehead atoms. The van der Waals surface area contributed by atoms with Crippen molar-refractivity contribution >= 4 is 7.82 Å². The molecule has 0 rings (SSSR count). The Balaban J connectivity index is 3.99. The van der Waals surface area contributed by atoms with Crippen LogP contribution >= 0.6 is 7.82 Å². The zero-order valence-corrected chi connectivity index (χ0v) is 15.9. The van der Waals surface area contributed by atoms with E-state index in [2.05, 4.69) is 20.8 Å². The van der Waals surface area contributed by atoms with Crippen LogP contribution in [-0.2, 0) is 18.1 Å². The molecule has 0 atom stereocenters. The van der Waals surface area contributed by atoms with E-state index in [9.17, 15) is 4.57 Å². The molecule has 4 nitrogen and oxygen atoms in total. The molecule has 0 aliphatic rings. The van der Waals surface area contributed by atoms with Crippen molar-refractivity contribution in [3.8, 4) is 0 Å². The molecule has 0 radical (unpaired) electrons. The van der Waals surface area contributed by atoms with Gasteiger partial charge in [-0.15, -0.1) is 0 Å². The van der Waals surface area contributed by atoms with Gasteiger partial charge in [0.1, 0.15) is 0 Å². The minimum atomic E-state index is -3.36. The number of hydrogen-bond acceptors (Lipinski definition) is 4. The second-order valence-corrected chi connectivity index (χ2v) is 7.44. The Morgan fingerprint density at radius 2 is 0.864 bits per heavy atom. The van der Waals surface area contributed by atoms with Crippen molar-refractivity contribution in [1.29, 1.82) is 0 Å². The third-order valence-electron chi connectivity index (χ3n) is 3.49. The van der Waals surface area contributed by atoms with Gasteiger partial charge in [0.05, 0.1) is 19.8 Å². The molecular weight excluding hydrogens is 299 g/mol. The molecule has 0 aliphatic carbocycles. The molecule has 0 unspecified atom stereocenters. The summed E-state index contributed by atoms with van der Waals surface area (Å²) < 4.78 is 28.9. The molecule has 0 saturated heterocycles. The SMILES string of the molecule is CCCCCCCOP(=O)(OCCCCC)OCCCCC. The van der Waals surface area contributed by atoms with E-state index in [1.165, 1.54) is 19.3 Å². The molecule has 0 amide bonds. The van der Waals surface area contributed by atoms with Gasteiger partial charge in [0.25, 0.3) is 0 Å². The van der Waals surface area contributed by atoms with Crippen LogP contribution in [0.25, 0.3) is 0 Å². The van der Waals surface area contributed by atoms with Gasteiger partial charge in [-0.3, -0.25) is 13.6 Å². The Labute approximate surface area is 137 Å². The van der Waals surface area contributed by atoms with Crippen LogP contribution in [0, 0.1) is 0 Å². The van der Waals surface area contributed by atoms with Crippen LogP contribution in [-0.4, -0.2) is 19.8 Å². The van der Waals surface area contributed by atoms with E-state index in [1.54, 1.807) is 0 Å². The number of hydrogen-bond donors (Lipinski definition) is 0. The van der Waals surface area contributed by atoms with Gasteiger partial charge in [0.2, 0.25) is 0 Å². The molecule has 0 saturated carbocycles. The highest BCUT2D eigenvalue weighted by atomic mass is 31.2. The van der Waals surface area contributed by atoms with Crippen LogP contribution in [0.4, 0.5) is 0 Å². The van der Waals surface area contributed by atoms with Crippen molar-refractivity contribution in [2.75, 3.05) is 19.8 Å². The Bertz CT molecular complexity index is 255. The third-order valence-corrected chi connectivity index (χ3v) is 4.99. The molecule has 0 heterocycles. The average Bonchev–Trinajstić information content (AvgIpc) is 2.52. The van der Waals surface area contributed by atoms with Gasteiger partial charge in [-0.25, -0.2) is 4.57 Å². The van der Waals surface area contributed by atoms with Crippen molar-refractivity contribution in [3.05, 3.63) is 0 Å². The summed E-state index contributed by atoms with van der Waals surface area (Å²) in [5.41, 5.74) is 0. The lowest BCUT2D eigenvalue weighted by Gasteiger charge is -2.18. The molecule has 5 heteroatoms. The van der Waals surface area contributed by atoms with E-state index in [0.29, 0.717) is 19.8 Å². The summed E-state index contributed by atoms with van der Waals surface area (Å²) in [6, 6.07) is 0. The van der Waals surface area contributed by atoms with Crippen molar-refractivity contribution in [2.45, 2.75) is 91.4 Å². The maximum Gasteiger partial charge on any atom is 0.474 e. The number of phosphoric acid groups is 1. The Hall–Kier alpha value is 0.110. The fourth-order valence-electron chi connectivity index (χ4n) is 2.05. The molecule has 0 aromatic rings. The molecule has 134 valence electrons. The molecule has 0 spiro atoms. The fraction of sp³-hybridized carbons (Fsp3) is 1.00. The van der Waals surface area contributed by atoms with E-state index < -0.39 is 7.82 Å². The molecular formula is C17H37O4P. The number of phosphoric ester groups is 1. The quantitative estimate of drug-likeness (QED) is 0.225. The van der Waals surface area contributed by atoms with Crippen molar-refractivity contribution in [2.24, 2.45) is 0 Å². The van der Waals surface area contributed by atoms with Crippen LogP contribution in [0.1, 0.15) is 91.4 Å². The summed E-state index contributed by atoms with van der Waals surface area (Å²) in [6.07, 6.45) is 11.9. The van der Waals surface area contributed by atoms with E-state index in [4.69, 9.17) is 13.6 Å². The van der Waals surface area contributed by atoms with E-state index in [-0.39, 0.29) is 0 Å². The summed E-state index contributed by atoms with van der Waals surface area (Å²) in [5, 5.41) is 0. The second-order valence-electron chi connectivity index (χ2n) is 5.78. The summed E-state index contributed by atoms with van der Waals surface area (Å²) in [5.74, 6) is 0. The van der Waals surface area contributed by atoms with Gasteiger partial charge in [0.15, 0.2) is 0 Å². The van der Waals surface area contributed by atoms with Gasteiger partial charge in [0, 0.05) is 0 Å². The monoisotopic (exact) mass is 336 g/mol. The van der Waals surface area contributed by atoms with Crippen LogP contribution in [0.3, 0.4) is 0 Å². The summed E-state index contributed by atoms with van der Waals surface area (Å²) >= 11 is 0. The van der Waals surface area contributed by atoms with Crippen molar-refractivity contribution < 1.29 is 18.1 Å². The van der Waals surface area contributed by atoms with Gasteiger partial charge in [-0.1, -0.05) is 72.1 Å². The van der Waals surface area contributed by atoms with Crippen molar-refractivity contribution in [1.82, 2.24) is 0 Å². The smallest absolute Gasteiger partial charge is 0.287 e. The lowest BCUT2D eigenvalue weighted by molar-refractivity contribution is 0.109. The fourth-order valence-corrected chi connectivity index (χ4v) is 3.33. The minimum Gasteiger partial charge on any atom is -0.287 e. The second kappa shape index (κ2) is 16.0. The normalized spacial score (nSPS) is 12.0. The Morgan fingerprint density at radius 1 is 0.545 bits per heavy atom. The summed E-state index contributed by atoms with van der Waals surface area (Å²) in [6.45, 7) is 7.83. The highest BCUT2D eigenvalue weighted by Crippen LogP contribution is 2.49. The zero-order valence-electron chi connectivity index (χ0n) is 15.0. The first kappa shape index (κ1) is 22.1. The standard InChI is InChI=1S/C17H37O4P/c1-4-7-10-11-14-17-21-22(18,19-15-12-8-5-2)20-16-13-9-6-3/h4-17H2,1-3H3. The van der Waals surface area contributed by atoms with Crippen LogP contribution in [0.15, 0.2) is 0 Å². The molecule has 0 aromatic carbocycles. The molecule has 0 aromatic heterocycles. The van der Waals surface area contributed by atoms with Gasteiger partial charge >= 0.3 is 7.82 Å². The topological polar surface area (TPSA) is 44.8 Å². The van der Waals surface area contributed by atoms with Crippen molar-refractivity contribution in [3.63, 3.8) is 0 Å². The Morgan fingerprint density at radius 3 is 1.27 bits per heavy atom. The molecule has 0 aliphatic heterocycles. The van der Waals surface area contributed by atoms with Crippen LogP contribution in [0.5, 0.6) is 0 Å². The third kappa shape index (κ3) is 13.8. The van der Waals surface area contributed by atoms with E-state index >= 15 is 0 Å². The maximum atomic E-state index is 12.6. The molecule has 0 fully saturated rings. The predicted molar refractivity (Wildman–Crippen MR) is 93.3 cm³/mol. The minimum absolute atomic E-state index is 0.453. The lowest BCUT2D eigenvalue weighted by atomic mass is 10.2. The Kier molecular flexibility index (Phi) is 16.1. The van der Waals surface area contributed by atoms with Gasteiger partial charge in [-0.05, 0) is 19.3 Å². The van der Waals surface area contributed by atoms with E-state index in [0.717, 1.165) is 51.4 Å². The van der Waals surface area contributed by atoms with Gasteiger partial charge < -0.3 is 0 Å². The first-order valence-electron chi connectivity index (χ1n) is 9.22. The first-order chi connectivity index (χ1) is 10.7. The number of unbranched alkanes of at least 4 members (excludes halogenated alkanes) is 8. The number of rotatable bonds is 17. The highest BCUT2D eigenvalue weighted by Gasteiger charge is 2.25. The largest absolute Gasteiger partial charge is 0.474 e. The zero-order chi connectivity index (χ0) is 16.5. The van der Waals surface area contributed by atoms with Gasteiger partial charge in [-0.2, -0.15) is 0 Å². The average molecular weight is 336 g/mol. The maximum absolute atomic E-state index is 12.6. The van der Waals surface area contributed by atoms with E-state index in [1.807, 2.05) is 0 Å². The summed E-state index contributed by atoms with van der Waals surface area (Å²) in [4.78, 5) is 0. The molecule has 0 N–H and O–H groups in total. The predicted octanol–water partition coefficient (Wildman–Crippen LogP) is 6.50. The highest BCUT2D eigenvalue weighted by molar-refractivity contribution is 7.48.